The van der Waals surface area contributed by atoms with Gasteiger partial charge in [0.2, 0.25) is 0 Å². The summed E-state index contributed by atoms with van der Waals surface area (Å²) in [5.41, 5.74) is 0. The Morgan fingerprint density at radius 3 is 1.50 bits per heavy atom. The van der Waals surface area contributed by atoms with Crippen molar-refractivity contribution in [3.63, 3.8) is 0 Å². The van der Waals surface area contributed by atoms with Crippen LogP contribution in [0.3, 0.4) is 0 Å². The van der Waals surface area contributed by atoms with E-state index in [-0.39, 0.29) is 0 Å². The number of hydrogen-bond acceptors (Lipinski definition) is 15. The molecule has 0 bridgehead atoms. The molecule has 0 aromatic rings. The Hall–Kier alpha value is -0.670. The molecule has 0 aromatic heterocycles. The number of aliphatic hydroxyl groups excluding tert-OH is 10. The number of rotatable bonds is 7. The van der Waals surface area contributed by atoms with E-state index in [1.165, 1.54) is 0 Å². The van der Waals surface area contributed by atoms with Crippen molar-refractivity contribution in [2.24, 2.45) is 0 Å². The van der Waals surface area contributed by atoms with Gasteiger partial charge in [0.1, 0.15) is 67.1 Å². The molecule has 0 aliphatic carbocycles. The summed E-state index contributed by atoms with van der Waals surface area (Å²) in [4.78, 5) is 0. The second kappa shape index (κ2) is 11.6. The van der Waals surface area contributed by atoms with Crippen molar-refractivity contribution in [2.75, 3.05) is 19.8 Å². The van der Waals surface area contributed by atoms with E-state index in [1.807, 2.05) is 0 Å². The lowest BCUT2D eigenvalue weighted by Crippen LogP contribution is -2.66. The zero-order chi connectivity index (χ0) is 25.3. The minimum Gasteiger partial charge on any atom is -0.394 e. The van der Waals surface area contributed by atoms with E-state index in [9.17, 15) is 55.5 Å². The fourth-order valence-electron chi connectivity index (χ4n) is 4.04. The number of halogens is 1. The first-order valence-corrected chi connectivity index (χ1v) is 10.6. The number of ether oxygens (including phenoxy) is 5. The van der Waals surface area contributed by atoms with E-state index >= 15 is 0 Å². The normalized spacial score (nSPS) is 52.5. The summed E-state index contributed by atoms with van der Waals surface area (Å²) in [6, 6.07) is 0. The third-order valence-electron chi connectivity index (χ3n) is 6.05. The van der Waals surface area contributed by atoms with Gasteiger partial charge in [-0.25, -0.2) is 4.39 Å². The molecule has 16 heteroatoms. The summed E-state index contributed by atoms with van der Waals surface area (Å²) >= 11 is 0. The van der Waals surface area contributed by atoms with E-state index in [2.05, 4.69) is 0 Å². The summed E-state index contributed by atoms with van der Waals surface area (Å²) in [6.07, 6.45) is -26.5. The second-order valence-electron chi connectivity index (χ2n) is 8.29. The van der Waals surface area contributed by atoms with Crippen LogP contribution in [-0.2, 0) is 23.7 Å². The molecule has 34 heavy (non-hydrogen) atoms. The summed E-state index contributed by atoms with van der Waals surface area (Å²) in [5, 5.41) is 98.8. The number of alkyl halides is 1. The molecule has 15 atom stereocenters. The summed E-state index contributed by atoms with van der Waals surface area (Å²) in [7, 11) is 0. The monoisotopic (exact) mass is 506 g/mol. The molecule has 3 aliphatic heterocycles. The fraction of sp³-hybridized carbons (Fsp3) is 1.00. The van der Waals surface area contributed by atoms with Crippen LogP contribution in [-0.4, -0.2) is 163 Å². The van der Waals surface area contributed by atoms with Crippen LogP contribution in [0.2, 0.25) is 0 Å². The van der Waals surface area contributed by atoms with Gasteiger partial charge in [-0.05, 0) is 0 Å². The molecule has 3 aliphatic rings. The molecule has 15 nitrogen and oxygen atoms in total. The van der Waals surface area contributed by atoms with Gasteiger partial charge in [-0.15, -0.1) is 0 Å². The standard InChI is InChI=1S/C18H31FO15/c19-7-9(24)14(5(2-21)30-16(7)29)33-18-13(28)11(26)15(6(3-22)32-18)34-17-12(27)10(25)8(23)4(1-20)31-17/h4-18,20-29H,1-3H2/t4-,5-,6-,7-,8-,9-,10+,11-,12-,13-,14-,15-,16-,17+,18+/m1/s1. The van der Waals surface area contributed by atoms with Crippen molar-refractivity contribution < 1.29 is 79.1 Å². The van der Waals surface area contributed by atoms with Crippen molar-refractivity contribution in [1.82, 2.24) is 0 Å². The summed E-state index contributed by atoms with van der Waals surface area (Å²) in [6.45, 7) is -2.41. The summed E-state index contributed by atoms with van der Waals surface area (Å²) in [5.74, 6) is 0. The largest absolute Gasteiger partial charge is 0.394 e. The molecular formula is C18H31FO15. The highest BCUT2D eigenvalue weighted by atomic mass is 19.1. The zero-order valence-electron chi connectivity index (χ0n) is 17.7. The van der Waals surface area contributed by atoms with Crippen molar-refractivity contribution in [2.45, 2.75) is 92.2 Å². The van der Waals surface area contributed by atoms with Gasteiger partial charge in [-0.2, -0.15) is 0 Å². The van der Waals surface area contributed by atoms with Gasteiger partial charge >= 0.3 is 0 Å². The smallest absolute Gasteiger partial charge is 0.189 e. The van der Waals surface area contributed by atoms with E-state index in [0.717, 1.165) is 0 Å². The number of hydrogen-bond donors (Lipinski definition) is 10. The number of aliphatic hydroxyl groups is 10. The predicted molar refractivity (Wildman–Crippen MR) is 100 cm³/mol. The van der Waals surface area contributed by atoms with Gasteiger partial charge in [0.25, 0.3) is 0 Å². The van der Waals surface area contributed by atoms with Crippen LogP contribution >= 0.6 is 0 Å². The van der Waals surface area contributed by atoms with Crippen LogP contribution in [0.5, 0.6) is 0 Å². The van der Waals surface area contributed by atoms with E-state index in [0.29, 0.717) is 0 Å². The van der Waals surface area contributed by atoms with Gasteiger partial charge in [-0.1, -0.05) is 0 Å². The van der Waals surface area contributed by atoms with Crippen LogP contribution in [0.1, 0.15) is 0 Å². The predicted octanol–water partition coefficient (Wildman–Crippen LogP) is -6.60. The molecule has 3 rings (SSSR count). The fourth-order valence-corrected chi connectivity index (χ4v) is 4.04. The quantitative estimate of drug-likeness (QED) is 0.154. The molecule has 10 N–H and O–H groups in total. The van der Waals surface area contributed by atoms with Gasteiger partial charge in [0.15, 0.2) is 25.0 Å². The molecular weight excluding hydrogens is 475 g/mol. The Balaban J connectivity index is 1.72. The van der Waals surface area contributed by atoms with E-state index in [4.69, 9.17) is 23.7 Å². The van der Waals surface area contributed by atoms with Gasteiger partial charge in [0, 0.05) is 0 Å². The van der Waals surface area contributed by atoms with Gasteiger partial charge in [0.05, 0.1) is 19.8 Å². The highest BCUT2D eigenvalue weighted by Gasteiger charge is 2.53. The lowest BCUT2D eigenvalue weighted by atomic mass is 9.96. The zero-order valence-corrected chi connectivity index (χ0v) is 17.7. The molecule has 0 aromatic carbocycles. The van der Waals surface area contributed by atoms with Crippen LogP contribution in [0.4, 0.5) is 4.39 Å². The minimum atomic E-state index is -2.32. The topological polar surface area (TPSA) is 248 Å². The first kappa shape index (κ1) is 27.9. The molecule has 3 fully saturated rings. The van der Waals surface area contributed by atoms with Crippen molar-refractivity contribution >= 4 is 0 Å². The molecule has 0 unspecified atom stereocenters. The molecule has 0 radical (unpaired) electrons. The Bertz CT molecular complexity index is 640. The average Bonchev–Trinajstić information content (AvgIpc) is 2.83. The highest BCUT2D eigenvalue weighted by Crippen LogP contribution is 2.32. The van der Waals surface area contributed by atoms with Gasteiger partial charge in [-0.3, -0.25) is 0 Å². The van der Waals surface area contributed by atoms with E-state index < -0.39 is 112 Å². The van der Waals surface area contributed by atoms with Gasteiger partial charge < -0.3 is 74.7 Å². The van der Waals surface area contributed by atoms with Crippen LogP contribution in [0, 0.1) is 0 Å². The second-order valence-corrected chi connectivity index (χ2v) is 8.29. The maximum Gasteiger partial charge on any atom is 0.189 e. The third-order valence-corrected chi connectivity index (χ3v) is 6.05. The Kier molecular flexibility index (Phi) is 9.51. The van der Waals surface area contributed by atoms with Crippen LogP contribution in [0.15, 0.2) is 0 Å². The SMILES string of the molecule is OC[C@H]1O[C@@H](O[C@H]2[C@H](O)[C@@H](O)[C@H](O[C@H]3[C@H](O)[C@@H](F)[C@H](O)O[C@@H]3CO)O[C@@H]2CO)[C@H](O)[C@@H](O)[C@@H]1O. The average molecular weight is 506 g/mol. The van der Waals surface area contributed by atoms with Crippen LogP contribution < -0.4 is 0 Å². The maximum atomic E-state index is 14.0. The molecule has 3 saturated heterocycles. The lowest BCUT2D eigenvalue weighted by Gasteiger charge is -2.47. The summed E-state index contributed by atoms with van der Waals surface area (Å²) < 4.78 is 40.1. The molecule has 0 saturated carbocycles. The maximum absolute atomic E-state index is 14.0. The molecule has 200 valence electrons. The third kappa shape index (κ3) is 5.36. The minimum absolute atomic E-state index is 0.751. The van der Waals surface area contributed by atoms with Crippen LogP contribution in [0.25, 0.3) is 0 Å². The van der Waals surface area contributed by atoms with Crippen molar-refractivity contribution in [3.8, 4) is 0 Å². The lowest BCUT2D eigenvalue weighted by molar-refractivity contribution is -0.375. The van der Waals surface area contributed by atoms with Crippen molar-refractivity contribution in [1.29, 1.82) is 0 Å². The highest BCUT2D eigenvalue weighted by molar-refractivity contribution is 4.96. The Morgan fingerprint density at radius 1 is 0.529 bits per heavy atom. The Morgan fingerprint density at radius 2 is 0.971 bits per heavy atom. The first-order valence-electron chi connectivity index (χ1n) is 10.6. The first-order chi connectivity index (χ1) is 16.0. The Labute approximate surface area is 192 Å². The van der Waals surface area contributed by atoms with E-state index in [1.54, 1.807) is 0 Å². The molecule has 0 amide bonds. The molecule has 3 heterocycles. The van der Waals surface area contributed by atoms with Crippen molar-refractivity contribution in [3.05, 3.63) is 0 Å². The molecule has 0 spiro atoms.